The second kappa shape index (κ2) is 8.04. The molecule has 9 heteroatoms. The Morgan fingerprint density at radius 3 is 2.48 bits per heavy atom. The number of aromatic nitrogens is 1. The van der Waals surface area contributed by atoms with E-state index in [0.29, 0.717) is 6.54 Å². The van der Waals surface area contributed by atoms with Crippen molar-refractivity contribution in [1.29, 1.82) is 0 Å². The number of non-ortho nitro benzene ring substituents is 1. The second-order valence-corrected chi connectivity index (χ2v) is 5.82. The van der Waals surface area contributed by atoms with Gasteiger partial charge < -0.3 is 14.7 Å². The Morgan fingerprint density at radius 2 is 1.96 bits per heavy atom. The summed E-state index contributed by atoms with van der Waals surface area (Å²) < 4.78 is 4.63. The molecule has 1 aromatic heterocycles. The van der Waals surface area contributed by atoms with Crippen molar-refractivity contribution >= 4 is 23.3 Å². The molecule has 2 amide bonds. The first-order valence-electron chi connectivity index (χ1n) is 7.60. The molecule has 2 aromatic rings. The van der Waals surface area contributed by atoms with E-state index in [4.69, 9.17) is 0 Å². The number of hydrogen-bond donors (Lipinski definition) is 1. The lowest BCUT2D eigenvalue weighted by atomic mass is 10.1. The van der Waals surface area contributed by atoms with E-state index in [0.717, 1.165) is 0 Å². The molecule has 0 spiro atoms. The summed E-state index contributed by atoms with van der Waals surface area (Å²) in [4.78, 5) is 36.3. The monoisotopic (exact) mass is 346 g/mol. The molecule has 0 bridgehead atoms. The molecule has 0 aliphatic rings. The maximum Gasteiger partial charge on any atom is 0.269 e. The summed E-state index contributed by atoms with van der Waals surface area (Å²) >= 11 is 0. The number of nitrogens with zero attached hydrogens (tertiary/aromatic N) is 3. The van der Waals surface area contributed by atoms with E-state index in [2.05, 4.69) is 15.0 Å². The lowest BCUT2D eigenvalue weighted by molar-refractivity contribution is -0.384. The minimum absolute atomic E-state index is 0.101. The van der Waals surface area contributed by atoms with Crippen LogP contribution in [0.4, 0.5) is 11.5 Å². The van der Waals surface area contributed by atoms with Crippen LogP contribution in [0.15, 0.2) is 41.1 Å². The normalized spacial score (nSPS) is 10.5. The average molecular weight is 346 g/mol. The highest BCUT2D eigenvalue weighted by molar-refractivity contribution is 5.99. The van der Waals surface area contributed by atoms with Crippen LogP contribution >= 0.6 is 0 Å². The van der Waals surface area contributed by atoms with Crippen LogP contribution in [-0.2, 0) is 4.79 Å². The third-order valence-corrected chi connectivity index (χ3v) is 3.24. The van der Waals surface area contributed by atoms with Crippen LogP contribution in [0, 0.1) is 16.0 Å². The van der Waals surface area contributed by atoms with Gasteiger partial charge in [-0.3, -0.25) is 19.7 Å². The highest BCUT2D eigenvalue weighted by Crippen LogP contribution is 2.14. The lowest BCUT2D eigenvalue weighted by Crippen LogP contribution is -2.40. The fraction of sp³-hybridized carbons (Fsp3) is 0.312. The number of nitro groups is 1. The van der Waals surface area contributed by atoms with Crippen molar-refractivity contribution in [2.45, 2.75) is 13.8 Å². The van der Waals surface area contributed by atoms with Gasteiger partial charge in [-0.05, 0) is 18.1 Å². The summed E-state index contributed by atoms with van der Waals surface area (Å²) in [7, 11) is 0. The second-order valence-electron chi connectivity index (χ2n) is 5.82. The van der Waals surface area contributed by atoms with Crippen molar-refractivity contribution in [3.05, 3.63) is 52.3 Å². The van der Waals surface area contributed by atoms with E-state index in [9.17, 15) is 19.7 Å². The van der Waals surface area contributed by atoms with Crippen LogP contribution in [-0.4, -0.2) is 39.9 Å². The first kappa shape index (κ1) is 18.1. The predicted molar refractivity (Wildman–Crippen MR) is 89.0 cm³/mol. The van der Waals surface area contributed by atoms with Gasteiger partial charge in [0.2, 0.25) is 5.91 Å². The average Bonchev–Trinajstić information content (AvgIpc) is 3.06. The van der Waals surface area contributed by atoms with Crippen molar-refractivity contribution in [3.8, 4) is 0 Å². The van der Waals surface area contributed by atoms with Crippen molar-refractivity contribution in [1.82, 2.24) is 10.1 Å². The summed E-state index contributed by atoms with van der Waals surface area (Å²) in [5.41, 5.74) is 0.177. The molecule has 1 heterocycles. The number of anilines is 1. The van der Waals surface area contributed by atoms with Crippen LogP contribution in [0.2, 0.25) is 0 Å². The van der Waals surface area contributed by atoms with E-state index in [1.807, 2.05) is 13.8 Å². The van der Waals surface area contributed by atoms with Crippen LogP contribution in [0.3, 0.4) is 0 Å². The fourth-order valence-electron chi connectivity index (χ4n) is 2.20. The molecule has 0 atom stereocenters. The van der Waals surface area contributed by atoms with Crippen molar-refractivity contribution in [2.75, 3.05) is 18.4 Å². The Hall–Kier alpha value is -3.23. The number of benzene rings is 1. The van der Waals surface area contributed by atoms with Gasteiger partial charge in [-0.1, -0.05) is 19.0 Å². The van der Waals surface area contributed by atoms with E-state index in [1.165, 1.54) is 41.5 Å². The molecule has 1 N–H and O–H groups in total. The van der Waals surface area contributed by atoms with Crippen molar-refractivity contribution in [3.63, 3.8) is 0 Å². The van der Waals surface area contributed by atoms with E-state index >= 15 is 0 Å². The van der Waals surface area contributed by atoms with Gasteiger partial charge in [-0.15, -0.1) is 0 Å². The number of nitrogens with one attached hydrogen (secondary N) is 1. The van der Waals surface area contributed by atoms with Gasteiger partial charge in [0.15, 0.2) is 5.82 Å². The summed E-state index contributed by atoms with van der Waals surface area (Å²) in [6.45, 7) is 4.04. The first-order chi connectivity index (χ1) is 11.9. The molecular formula is C16H18N4O5. The number of rotatable bonds is 7. The quantitative estimate of drug-likeness (QED) is 0.607. The maximum absolute atomic E-state index is 12.6. The minimum atomic E-state index is -0.536. The molecule has 0 aliphatic heterocycles. The molecular weight excluding hydrogens is 328 g/mol. The van der Waals surface area contributed by atoms with Gasteiger partial charge in [-0.25, -0.2) is 0 Å². The Bertz CT molecular complexity index is 740. The van der Waals surface area contributed by atoms with Crippen LogP contribution in [0.25, 0.3) is 0 Å². The Balaban J connectivity index is 2.10. The summed E-state index contributed by atoms with van der Waals surface area (Å²) in [5.74, 6) is -0.386. The van der Waals surface area contributed by atoms with Crippen molar-refractivity contribution in [2.24, 2.45) is 5.92 Å². The van der Waals surface area contributed by atoms with E-state index < -0.39 is 10.8 Å². The molecule has 132 valence electrons. The van der Waals surface area contributed by atoms with Gasteiger partial charge in [0.1, 0.15) is 12.8 Å². The van der Waals surface area contributed by atoms with Crippen molar-refractivity contribution < 1.29 is 19.0 Å². The zero-order chi connectivity index (χ0) is 18.4. The molecule has 25 heavy (non-hydrogen) atoms. The molecule has 1 aromatic carbocycles. The molecule has 0 saturated carbocycles. The number of hydrogen-bond acceptors (Lipinski definition) is 6. The van der Waals surface area contributed by atoms with Gasteiger partial charge >= 0.3 is 0 Å². The highest BCUT2D eigenvalue weighted by Gasteiger charge is 2.21. The fourth-order valence-corrected chi connectivity index (χ4v) is 2.20. The topological polar surface area (TPSA) is 119 Å². The molecule has 9 nitrogen and oxygen atoms in total. The number of amides is 2. The largest absolute Gasteiger partial charge is 0.363 e. The molecule has 0 unspecified atom stereocenters. The lowest BCUT2D eigenvalue weighted by Gasteiger charge is -2.24. The maximum atomic E-state index is 12.6. The molecule has 0 saturated heterocycles. The molecule has 0 fully saturated rings. The van der Waals surface area contributed by atoms with Gasteiger partial charge in [0, 0.05) is 30.3 Å². The zero-order valence-corrected chi connectivity index (χ0v) is 13.8. The standard InChI is InChI=1S/C16H18N4O5/c1-11(2)9-19(10-15(21)17-14-7-8-25-18-14)16(22)12-3-5-13(6-4-12)20(23)24/h3-8,11H,9-10H2,1-2H3,(H,17,18,21). The Morgan fingerprint density at radius 1 is 1.28 bits per heavy atom. The smallest absolute Gasteiger partial charge is 0.269 e. The molecule has 0 aliphatic carbocycles. The number of nitro benzene ring substituents is 1. The summed E-state index contributed by atoms with van der Waals surface area (Å²) in [6, 6.07) is 6.77. The number of carbonyl (C=O) groups is 2. The molecule has 2 rings (SSSR count). The zero-order valence-electron chi connectivity index (χ0n) is 13.8. The third-order valence-electron chi connectivity index (χ3n) is 3.24. The summed E-state index contributed by atoms with van der Waals surface area (Å²) in [6.07, 6.45) is 1.32. The van der Waals surface area contributed by atoms with Crippen LogP contribution < -0.4 is 5.32 Å². The highest BCUT2D eigenvalue weighted by atomic mass is 16.6. The summed E-state index contributed by atoms with van der Waals surface area (Å²) in [5, 5.41) is 16.8. The molecule has 0 radical (unpaired) electrons. The van der Waals surface area contributed by atoms with Gasteiger partial charge in [0.05, 0.1) is 4.92 Å². The van der Waals surface area contributed by atoms with Gasteiger partial charge in [-0.2, -0.15) is 0 Å². The number of carbonyl (C=O) groups excluding carboxylic acids is 2. The van der Waals surface area contributed by atoms with E-state index in [-0.39, 0.29) is 35.4 Å². The van der Waals surface area contributed by atoms with Crippen LogP contribution in [0.5, 0.6) is 0 Å². The SMILES string of the molecule is CC(C)CN(CC(=O)Nc1ccon1)C(=O)c1ccc([N+](=O)[O-])cc1. The predicted octanol–water partition coefficient (Wildman–Crippen LogP) is 2.32. The van der Waals surface area contributed by atoms with Gasteiger partial charge in [0.25, 0.3) is 11.6 Å². The minimum Gasteiger partial charge on any atom is -0.363 e. The first-order valence-corrected chi connectivity index (χ1v) is 7.60. The van der Waals surface area contributed by atoms with Crippen LogP contribution in [0.1, 0.15) is 24.2 Å². The third kappa shape index (κ3) is 5.13. The Kier molecular flexibility index (Phi) is 5.83. The Labute approximate surface area is 143 Å². The van der Waals surface area contributed by atoms with E-state index in [1.54, 1.807) is 0 Å².